The van der Waals surface area contributed by atoms with E-state index in [9.17, 15) is 24.0 Å². The van der Waals surface area contributed by atoms with E-state index in [1.165, 1.54) is 0 Å². The van der Waals surface area contributed by atoms with Gasteiger partial charge in [0.15, 0.2) is 0 Å². The number of nitrogens with two attached hydrogens (primary N) is 1. The van der Waals surface area contributed by atoms with Gasteiger partial charge in [0, 0.05) is 13.7 Å². The molecule has 298 valence electrons. The van der Waals surface area contributed by atoms with Crippen molar-refractivity contribution in [1.82, 2.24) is 26.6 Å². The summed E-state index contributed by atoms with van der Waals surface area (Å²) in [6.07, 6.45) is 3.09. The number of hydrogen-bond acceptors (Lipinski definition) is 9. The predicted molar refractivity (Wildman–Crippen MR) is 199 cm³/mol. The fourth-order valence-corrected chi connectivity index (χ4v) is 5.12. The van der Waals surface area contributed by atoms with Crippen molar-refractivity contribution in [3.63, 3.8) is 0 Å². The van der Waals surface area contributed by atoms with Crippen LogP contribution in [0.2, 0.25) is 0 Å². The second-order valence-electron chi connectivity index (χ2n) is 13.9. The molecule has 0 saturated heterocycles. The van der Waals surface area contributed by atoms with Crippen molar-refractivity contribution in [1.29, 1.82) is 0 Å². The number of amides is 5. The van der Waals surface area contributed by atoms with Crippen LogP contribution in [0.1, 0.15) is 101 Å². The van der Waals surface area contributed by atoms with Gasteiger partial charge >= 0.3 is 0 Å². The van der Waals surface area contributed by atoms with Gasteiger partial charge in [0.1, 0.15) is 24.2 Å². The highest BCUT2D eigenvalue weighted by atomic mass is 16.5. The van der Waals surface area contributed by atoms with Crippen molar-refractivity contribution in [2.24, 2.45) is 35.3 Å². The monoisotopic (exact) mass is 729 g/mol. The van der Waals surface area contributed by atoms with Crippen LogP contribution in [0.15, 0.2) is 0 Å². The summed E-state index contributed by atoms with van der Waals surface area (Å²) in [6, 6.07) is -4.46. The van der Waals surface area contributed by atoms with Crippen molar-refractivity contribution < 1.29 is 38.2 Å². The lowest BCUT2D eigenvalue weighted by atomic mass is 9.92. The summed E-state index contributed by atoms with van der Waals surface area (Å²) in [5.41, 5.74) is 6.16. The standard InChI is InChI=1S/C37H72N6O8/c1-12-23(6)28(38)33(44)40-30(25(8)14-3)35(46)42-32(27(10)16-5)37(48)43-31(26(9)15-4)36(47)41-29(24(7)13-2)34(45)39-17-18-50-21-22-51-20-19-49-11/h23-32H,12-22,38H2,1-11H3,(H,39,45)(H,40,44)(H,41,47)(H,42,46)(H,43,48)/t23-,24-,25-,26-,27-,28-,29-,30-,31-,32-/m0/s1. The molecule has 0 radical (unpaired) electrons. The molecule has 0 spiro atoms. The molecule has 51 heavy (non-hydrogen) atoms. The lowest BCUT2D eigenvalue weighted by molar-refractivity contribution is -0.137. The van der Waals surface area contributed by atoms with Crippen molar-refractivity contribution in [3.8, 4) is 0 Å². The van der Waals surface area contributed by atoms with Crippen LogP contribution in [0.5, 0.6) is 0 Å². The van der Waals surface area contributed by atoms with Crippen LogP contribution in [0, 0.1) is 29.6 Å². The molecule has 7 N–H and O–H groups in total. The molecular weight excluding hydrogens is 656 g/mol. The molecule has 0 aromatic carbocycles. The second kappa shape index (κ2) is 26.9. The lowest BCUT2D eigenvalue weighted by Gasteiger charge is -2.32. The van der Waals surface area contributed by atoms with Crippen LogP contribution in [0.4, 0.5) is 0 Å². The Labute approximate surface area is 307 Å². The van der Waals surface area contributed by atoms with Crippen molar-refractivity contribution in [3.05, 3.63) is 0 Å². The predicted octanol–water partition coefficient (Wildman–Crippen LogP) is 2.28. The smallest absolute Gasteiger partial charge is 0.243 e. The minimum Gasteiger partial charge on any atom is -0.382 e. The summed E-state index contributed by atoms with van der Waals surface area (Å²) in [7, 11) is 1.60. The molecule has 0 bridgehead atoms. The second-order valence-corrected chi connectivity index (χ2v) is 13.9. The average Bonchev–Trinajstić information content (AvgIpc) is 3.13. The van der Waals surface area contributed by atoms with E-state index < -0.39 is 53.8 Å². The van der Waals surface area contributed by atoms with Gasteiger partial charge in [-0.05, 0) is 29.6 Å². The molecule has 0 saturated carbocycles. The van der Waals surface area contributed by atoms with Crippen LogP contribution >= 0.6 is 0 Å². The molecule has 0 aliphatic rings. The number of methoxy groups -OCH3 is 1. The maximum absolute atomic E-state index is 13.9. The number of nitrogens with one attached hydrogen (secondary N) is 5. The van der Waals surface area contributed by atoms with E-state index in [-0.39, 0.29) is 48.6 Å². The van der Waals surface area contributed by atoms with Gasteiger partial charge in [0.2, 0.25) is 29.5 Å². The summed E-state index contributed by atoms with van der Waals surface area (Å²) in [6.45, 7) is 21.2. The first-order chi connectivity index (χ1) is 24.1. The molecule has 0 rings (SSSR count). The molecule has 10 atom stereocenters. The average molecular weight is 729 g/mol. The maximum atomic E-state index is 13.9. The minimum atomic E-state index is -0.979. The van der Waals surface area contributed by atoms with E-state index in [1.54, 1.807) is 7.11 Å². The van der Waals surface area contributed by atoms with Crippen molar-refractivity contribution in [2.45, 2.75) is 132 Å². The Kier molecular flexibility index (Phi) is 25.4. The molecule has 0 aliphatic heterocycles. The highest BCUT2D eigenvalue weighted by molar-refractivity contribution is 5.96. The van der Waals surface area contributed by atoms with Crippen LogP contribution in [0.3, 0.4) is 0 Å². The van der Waals surface area contributed by atoms with E-state index in [4.69, 9.17) is 19.9 Å². The Balaban J connectivity index is 5.84. The van der Waals surface area contributed by atoms with Gasteiger partial charge in [-0.1, -0.05) is 101 Å². The number of carbonyl (C=O) groups is 5. The zero-order valence-electron chi connectivity index (χ0n) is 33.4. The van der Waals surface area contributed by atoms with E-state index in [0.29, 0.717) is 58.5 Å². The Morgan fingerprint density at radius 3 is 1.14 bits per heavy atom. The fourth-order valence-electron chi connectivity index (χ4n) is 5.12. The molecule has 0 aromatic heterocycles. The normalized spacial score (nSPS) is 17.3. The molecular formula is C37H72N6O8. The van der Waals surface area contributed by atoms with Gasteiger partial charge in [-0.3, -0.25) is 24.0 Å². The topological polar surface area (TPSA) is 199 Å². The van der Waals surface area contributed by atoms with E-state index >= 15 is 0 Å². The Bertz CT molecular complexity index is 1030. The molecule has 0 unspecified atom stereocenters. The third-order valence-corrected chi connectivity index (χ3v) is 10.1. The van der Waals surface area contributed by atoms with Gasteiger partial charge in [-0.2, -0.15) is 0 Å². The van der Waals surface area contributed by atoms with E-state index in [0.717, 1.165) is 0 Å². The molecule has 0 aliphatic carbocycles. The van der Waals surface area contributed by atoms with Crippen LogP contribution in [-0.4, -0.2) is 106 Å². The highest BCUT2D eigenvalue weighted by Gasteiger charge is 2.37. The van der Waals surface area contributed by atoms with Gasteiger partial charge in [0.25, 0.3) is 0 Å². The third-order valence-electron chi connectivity index (χ3n) is 10.1. The van der Waals surface area contributed by atoms with Gasteiger partial charge in [-0.25, -0.2) is 0 Å². The van der Waals surface area contributed by atoms with Crippen molar-refractivity contribution in [2.75, 3.05) is 46.7 Å². The SMILES string of the molecule is CC[C@H](C)[C@H](N)C(=O)N[C@H](C(=O)N[C@H](C(=O)N[C@H](C(=O)N[C@H](C(=O)NCCOCCOCCOC)[C@@H](C)CC)[C@@H](C)CC)[C@@H](C)CC)[C@@H](C)CC. The molecule has 14 nitrogen and oxygen atoms in total. The molecule has 0 fully saturated rings. The zero-order valence-corrected chi connectivity index (χ0v) is 33.4. The summed E-state index contributed by atoms with van der Waals surface area (Å²) >= 11 is 0. The maximum Gasteiger partial charge on any atom is 0.243 e. The van der Waals surface area contributed by atoms with Crippen LogP contribution < -0.4 is 32.3 Å². The summed E-state index contributed by atoms with van der Waals surface area (Å²) in [4.78, 5) is 67.7. The highest BCUT2D eigenvalue weighted by Crippen LogP contribution is 2.16. The fraction of sp³-hybridized carbons (Fsp3) is 0.865. The number of ether oxygens (including phenoxy) is 3. The van der Waals surface area contributed by atoms with E-state index in [1.807, 2.05) is 69.2 Å². The van der Waals surface area contributed by atoms with Gasteiger partial charge < -0.3 is 46.5 Å². The Morgan fingerprint density at radius 1 is 0.471 bits per heavy atom. The first-order valence-corrected chi connectivity index (χ1v) is 19.0. The molecule has 0 heterocycles. The first-order valence-electron chi connectivity index (χ1n) is 19.0. The van der Waals surface area contributed by atoms with Crippen LogP contribution in [0.25, 0.3) is 0 Å². The molecule has 0 aromatic rings. The number of hydrogen-bond donors (Lipinski definition) is 6. The Hall–Kier alpha value is -2.81. The quantitative estimate of drug-likeness (QED) is 0.0655. The minimum absolute atomic E-state index is 0.0742. The zero-order chi connectivity index (χ0) is 39.1. The van der Waals surface area contributed by atoms with Crippen molar-refractivity contribution >= 4 is 29.5 Å². The molecule has 5 amide bonds. The summed E-state index contributed by atoms with van der Waals surface area (Å²) < 4.78 is 15.8. The van der Waals surface area contributed by atoms with Gasteiger partial charge in [0.05, 0.1) is 39.1 Å². The lowest BCUT2D eigenvalue weighted by Crippen LogP contribution is -2.62. The number of carbonyl (C=O) groups excluding carboxylic acids is 5. The summed E-state index contributed by atoms with van der Waals surface area (Å²) in [5, 5.41) is 14.3. The largest absolute Gasteiger partial charge is 0.382 e. The number of rotatable bonds is 28. The summed E-state index contributed by atoms with van der Waals surface area (Å²) in [5.74, 6) is -3.32. The van der Waals surface area contributed by atoms with E-state index in [2.05, 4.69) is 26.6 Å². The molecule has 14 heteroatoms. The Morgan fingerprint density at radius 2 is 0.784 bits per heavy atom. The first kappa shape index (κ1) is 48.2. The van der Waals surface area contributed by atoms with Gasteiger partial charge in [-0.15, -0.1) is 0 Å². The third kappa shape index (κ3) is 17.5. The van der Waals surface area contributed by atoms with Crippen LogP contribution in [-0.2, 0) is 38.2 Å².